The summed E-state index contributed by atoms with van der Waals surface area (Å²) >= 11 is 1.33. The van der Waals surface area contributed by atoms with E-state index in [0.29, 0.717) is 10.8 Å². The highest BCUT2D eigenvalue weighted by molar-refractivity contribution is 7.15. The highest BCUT2D eigenvalue weighted by Crippen LogP contribution is 2.22. The van der Waals surface area contributed by atoms with E-state index >= 15 is 0 Å². The lowest BCUT2D eigenvalue weighted by atomic mass is 10.2. The van der Waals surface area contributed by atoms with Gasteiger partial charge in [0.05, 0.1) is 6.54 Å². The van der Waals surface area contributed by atoms with Crippen molar-refractivity contribution >= 4 is 39.2 Å². The average molecular weight is 343 g/mol. The van der Waals surface area contributed by atoms with E-state index in [1.165, 1.54) is 11.3 Å². The van der Waals surface area contributed by atoms with Crippen molar-refractivity contribution in [2.45, 2.75) is 19.8 Å². The van der Waals surface area contributed by atoms with Crippen LogP contribution in [0.5, 0.6) is 0 Å². The average Bonchev–Trinajstić information content (AvgIpc) is 3.19. The van der Waals surface area contributed by atoms with Crippen LogP contribution in [0.25, 0.3) is 10.9 Å². The molecule has 0 aliphatic carbocycles. The van der Waals surface area contributed by atoms with Crippen molar-refractivity contribution in [1.29, 1.82) is 0 Å². The van der Waals surface area contributed by atoms with Crippen molar-refractivity contribution in [2.24, 2.45) is 0 Å². The fourth-order valence-corrected chi connectivity index (χ4v) is 2.90. The van der Waals surface area contributed by atoms with Crippen molar-refractivity contribution in [3.8, 4) is 0 Å². The molecule has 2 aromatic heterocycles. The second-order valence-corrected chi connectivity index (χ2v) is 6.61. The Morgan fingerprint density at radius 3 is 2.75 bits per heavy atom. The summed E-state index contributed by atoms with van der Waals surface area (Å²) in [6, 6.07) is 9.35. The zero-order valence-electron chi connectivity index (χ0n) is 13.3. The first-order valence-corrected chi connectivity index (χ1v) is 8.34. The van der Waals surface area contributed by atoms with Gasteiger partial charge in [0.1, 0.15) is 10.7 Å². The minimum atomic E-state index is -0.342. The van der Waals surface area contributed by atoms with Gasteiger partial charge in [-0.1, -0.05) is 43.4 Å². The number of hydrogen-bond donors (Lipinski definition) is 3. The summed E-state index contributed by atoms with van der Waals surface area (Å²) in [7, 11) is 0. The van der Waals surface area contributed by atoms with Crippen molar-refractivity contribution in [2.75, 3.05) is 11.9 Å². The van der Waals surface area contributed by atoms with E-state index in [1.54, 1.807) is 6.07 Å². The van der Waals surface area contributed by atoms with Gasteiger partial charge in [0.15, 0.2) is 0 Å². The lowest BCUT2D eigenvalue weighted by molar-refractivity contribution is -0.115. The second kappa shape index (κ2) is 6.79. The van der Waals surface area contributed by atoms with Gasteiger partial charge < -0.3 is 10.3 Å². The SMILES string of the molecule is CC(C)c1nnc(NC(=O)CNC(=O)c2cc3ccccc3[nH]2)s1. The topological polar surface area (TPSA) is 99.8 Å². The van der Waals surface area contributed by atoms with E-state index in [4.69, 9.17) is 0 Å². The Hall–Kier alpha value is -2.74. The van der Waals surface area contributed by atoms with Crippen LogP contribution in [0.15, 0.2) is 30.3 Å². The molecule has 3 rings (SSSR count). The number of aromatic nitrogens is 3. The van der Waals surface area contributed by atoms with Crippen LogP contribution in [-0.4, -0.2) is 33.5 Å². The molecular formula is C16H17N5O2S. The number of carbonyl (C=O) groups excluding carboxylic acids is 2. The van der Waals surface area contributed by atoms with Gasteiger partial charge in [0.25, 0.3) is 5.91 Å². The quantitative estimate of drug-likeness (QED) is 0.663. The third kappa shape index (κ3) is 3.60. The van der Waals surface area contributed by atoms with Crippen LogP contribution in [0.1, 0.15) is 35.3 Å². The Morgan fingerprint density at radius 1 is 1.25 bits per heavy atom. The second-order valence-electron chi connectivity index (χ2n) is 5.60. The van der Waals surface area contributed by atoms with Crippen molar-refractivity contribution < 1.29 is 9.59 Å². The zero-order valence-corrected chi connectivity index (χ0v) is 14.1. The first-order valence-electron chi connectivity index (χ1n) is 7.52. The molecule has 0 unspecified atom stereocenters. The molecule has 124 valence electrons. The first kappa shape index (κ1) is 16.1. The Kier molecular flexibility index (Phi) is 4.57. The molecule has 7 nitrogen and oxygen atoms in total. The van der Waals surface area contributed by atoms with Gasteiger partial charge in [-0.2, -0.15) is 0 Å². The van der Waals surface area contributed by atoms with Crippen LogP contribution in [0, 0.1) is 0 Å². The summed E-state index contributed by atoms with van der Waals surface area (Å²) in [5.74, 6) is -0.415. The standard InChI is InChI=1S/C16H17N5O2S/c1-9(2)15-20-21-16(24-15)19-13(22)8-17-14(23)12-7-10-5-3-4-6-11(10)18-12/h3-7,9,18H,8H2,1-2H3,(H,17,23)(H,19,21,22). The first-order chi connectivity index (χ1) is 11.5. The molecule has 1 aromatic carbocycles. The predicted octanol–water partition coefficient (Wildman–Crippen LogP) is 2.51. The molecule has 0 radical (unpaired) electrons. The van der Waals surface area contributed by atoms with Gasteiger partial charge in [0, 0.05) is 16.8 Å². The number of carbonyl (C=O) groups is 2. The number of para-hydroxylation sites is 1. The van der Waals surface area contributed by atoms with Gasteiger partial charge in [-0.25, -0.2) is 0 Å². The van der Waals surface area contributed by atoms with Gasteiger partial charge in [-0.05, 0) is 12.1 Å². The third-order valence-corrected chi connectivity index (χ3v) is 4.50. The van der Waals surface area contributed by atoms with Crippen LogP contribution in [-0.2, 0) is 4.79 Å². The zero-order chi connectivity index (χ0) is 17.1. The van der Waals surface area contributed by atoms with Crippen LogP contribution in [0.4, 0.5) is 5.13 Å². The number of nitrogens with zero attached hydrogens (tertiary/aromatic N) is 2. The summed E-state index contributed by atoms with van der Waals surface area (Å²) in [6.07, 6.45) is 0. The maximum absolute atomic E-state index is 12.1. The number of hydrogen-bond acceptors (Lipinski definition) is 5. The summed E-state index contributed by atoms with van der Waals surface area (Å²) in [4.78, 5) is 27.0. The summed E-state index contributed by atoms with van der Waals surface area (Å²) in [5.41, 5.74) is 1.30. The minimum Gasteiger partial charge on any atom is -0.351 e. The van der Waals surface area contributed by atoms with E-state index in [9.17, 15) is 9.59 Å². The van der Waals surface area contributed by atoms with Gasteiger partial charge in [-0.3, -0.25) is 14.9 Å². The molecule has 0 spiro atoms. The molecule has 3 aromatic rings. The monoisotopic (exact) mass is 343 g/mol. The summed E-state index contributed by atoms with van der Waals surface area (Å²) in [6.45, 7) is 3.88. The van der Waals surface area contributed by atoms with E-state index < -0.39 is 0 Å². The van der Waals surface area contributed by atoms with Crippen LogP contribution in [0.3, 0.4) is 0 Å². The molecule has 0 fully saturated rings. The molecule has 0 atom stereocenters. The molecule has 2 amide bonds. The van der Waals surface area contributed by atoms with Crippen molar-refractivity contribution in [3.63, 3.8) is 0 Å². The van der Waals surface area contributed by atoms with Gasteiger partial charge >= 0.3 is 0 Å². The number of benzene rings is 1. The highest BCUT2D eigenvalue weighted by Gasteiger charge is 2.13. The third-order valence-electron chi connectivity index (χ3n) is 3.36. The van der Waals surface area contributed by atoms with Gasteiger partial charge in [0.2, 0.25) is 11.0 Å². The van der Waals surface area contributed by atoms with Crippen molar-refractivity contribution in [3.05, 3.63) is 41.0 Å². The largest absolute Gasteiger partial charge is 0.351 e. The lowest BCUT2D eigenvalue weighted by Gasteiger charge is -2.03. The number of aromatic amines is 1. The maximum Gasteiger partial charge on any atom is 0.268 e. The van der Waals surface area contributed by atoms with E-state index in [0.717, 1.165) is 15.9 Å². The highest BCUT2D eigenvalue weighted by atomic mass is 32.1. The maximum atomic E-state index is 12.1. The molecule has 0 saturated heterocycles. The van der Waals surface area contributed by atoms with Crippen LogP contribution in [0.2, 0.25) is 0 Å². The molecule has 2 heterocycles. The van der Waals surface area contributed by atoms with E-state index in [1.807, 2.05) is 38.1 Å². The van der Waals surface area contributed by atoms with Crippen LogP contribution < -0.4 is 10.6 Å². The Balaban J connectivity index is 1.56. The number of H-pyrrole nitrogens is 1. The van der Waals surface area contributed by atoms with Crippen LogP contribution >= 0.6 is 11.3 Å². The molecule has 8 heteroatoms. The molecule has 0 bridgehead atoms. The number of anilines is 1. The Bertz CT molecular complexity index is 850. The molecule has 0 saturated carbocycles. The number of nitrogens with one attached hydrogen (secondary N) is 3. The van der Waals surface area contributed by atoms with Gasteiger partial charge in [-0.15, -0.1) is 10.2 Å². The number of rotatable bonds is 5. The number of amides is 2. The molecule has 0 aliphatic heterocycles. The Morgan fingerprint density at radius 2 is 2.04 bits per heavy atom. The van der Waals surface area contributed by atoms with E-state index in [-0.39, 0.29) is 24.3 Å². The fraction of sp³-hybridized carbons (Fsp3) is 0.250. The van der Waals surface area contributed by atoms with E-state index in [2.05, 4.69) is 25.8 Å². The normalized spacial score (nSPS) is 11.0. The molecule has 24 heavy (non-hydrogen) atoms. The Labute approximate surface area is 142 Å². The fourth-order valence-electron chi connectivity index (χ4n) is 2.13. The smallest absolute Gasteiger partial charge is 0.268 e. The lowest BCUT2D eigenvalue weighted by Crippen LogP contribution is -2.33. The molecule has 3 N–H and O–H groups in total. The molecular weight excluding hydrogens is 326 g/mol. The summed E-state index contributed by atoms with van der Waals surface area (Å²) in [5, 5.41) is 15.4. The summed E-state index contributed by atoms with van der Waals surface area (Å²) < 4.78 is 0. The minimum absolute atomic E-state index is 0.134. The van der Waals surface area contributed by atoms with Crippen molar-refractivity contribution in [1.82, 2.24) is 20.5 Å². The number of fused-ring (bicyclic) bond motifs is 1. The predicted molar refractivity (Wildman–Crippen MR) is 93.3 cm³/mol. The molecule has 0 aliphatic rings.